The molecule has 7 nitrogen and oxygen atoms in total. The minimum atomic E-state index is -0.732. The Morgan fingerprint density at radius 2 is 1.94 bits per heavy atom. The zero-order valence-electron chi connectivity index (χ0n) is 17.8. The largest absolute Gasteiger partial charge is 0.356 e. The molecule has 5 rings (SSSR count). The molecule has 1 aromatic heterocycles. The van der Waals surface area contributed by atoms with Crippen LogP contribution >= 0.6 is 11.3 Å². The van der Waals surface area contributed by atoms with Crippen molar-refractivity contribution in [3.05, 3.63) is 59.1 Å². The molecule has 3 heterocycles. The summed E-state index contributed by atoms with van der Waals surface area (Å²) in [7, 11) is 0. The number of nitrogens with zero attached hydrogens (tertiary/aromatic N) is 3. The van der Waals surface area contributed by atoms with Crippen molar-refractivity contribution in [3.63, 3.8) is 0 Å². The molecule has 0 aliphatic carbocycles. The van der Waals surface area contributed by atoms with Gasteiger partial charge in [-0.25, -0.2) is 4.98 Å². The van der Waals surface area contributed by atoms with Crippen LogP contribution in [0.15, 0.2) is 48.5 Å². The van der Waals surface area contributed by atoms with Gasteiger partial charge in [-0.2, -0.15) is 0 Å². The maximum Gasteiger partial charge on any atom is 0.257 e. The molecule has 32 heavy (non-hydrogen) atoms. The number of rotatable bonds is 6. The van der Waals surface area contributed by atoms with Gasteiger partial charge in [0, 0.05) is 32.4 Å². The SMILES string of the molecule is CC12CCC(=O)N1c1ccccc1C(=O)N2CCC(=O)NCCc1nc2ccccc2s1. The van der Waals surface area contributed by atoms with Crippen LogP contribution in [0.2, 0.25) is 0 Å². The normalized spacial score (nSPS) is 19.9. The number of anilines is 1. The van der Waals surface area contributed by atoms with Crippen molar-refractivity contribution in [2.45, 2.75) is 38.3 Å². The summed E-state index contributed by atoms with van der Waals surface area (Å²) >= 11 is 1.64. The van der Waals surface area contributed by atoms with Gasteiger partial charge >= 0.3 is 0 Å². The van der Waals surface area contributed by atoms with Crippen molar-refractivity contribution >= 4 is 45.0 Å². The van der Waals surface area contributed by atoms with Gasteiger partial charge in [-0.1, -0.05) is 24.3 Å². The minimum absolute atomic E-state index is 0.0118. The molecule has 8 heteroatoms. The minimum Gasteiger partial charge on any atom is -0.356 e. The van der Waals surface area contributed by atoms with E-state index in [2.05, 4.69) is 10.3 Å². The summed E-state index contributed by atoms with van der Waals surface area (Å²) < 4.78 is 1.14. The fraction of sp³-hybridized carbons (Fsp3) is 0.333. The summed E-state index contributed by atoms with van der Waals surface area (Å²) in [6.07, 6.45) is 1.81. The summed E-state index contributed by atoms with van der Waals surface area (Å²) in [6.45, 7) is 2.68. The molecule has 1 atom stereocenters. The van der Waals surface area contributed by atoms with E-state index in [1.165, 1.54) is 0 Å². The maximum absolute atomic E-state index is 13.2. The molecule has 2 aliphatic rings. The highest BCUT2D eigenvalue weighted by Crippen LogP contribution is 2.43. The van der Waals surface area contributed by atoms with E-state index in [-0.39, 0.29) is 30.7 Å². The topological polar surface area (TPSA) is 82.6 Å². The summed E-state index contributed by atoms with van der Waals surface area (Å²) in [6, 6.07) is 15.2. The van der Waals surface area contributed by atoms with Gasteiger partial charge in [0.05, 0.1) is 26.5 Å². The number of carbonyl (C=O) groups is 3. The number of benzene rings is 2. The molecule has 1 saturated heterocycles. The number of thiazole rings is 1. The fourth-order valence-electron chi connectivity index (χ4n) is 4.68. The summed E-state index contributed by atoms with van der Waals surface area (Å²) in [5, 5.41) is 3.93. The lowest BCUT2D eigenvalue weighted by Crippen LogP contribution is -2.62. The Labute approximate surface area is 190 Å². The zero-order chi connectivity index (χ0) is 22.3. The Balaban J connectivity index is 1.22. The van der Waals surface area contributed by atoms with Crippen LogP contribution in [0, 0.1) is 0 Å². The van der Waals surface area contributed by atoms with Crippen LogP contribution in [0.1, 0.15) is 41.6 Å². The highest BCUT2D eigenvalue weighted by Gasteiger charge is 2.52. The van der Waals surface area contributed by atoms with Crippen LogP contribution in [0.25, 0.3) is 10.2 Å². The second-order valence-electron chi connectivity index (χ2n) is 8.35. The highest BCUT2D eigenvalue weighted by molar-refractivity contribution is 7.18. The number of aromatic nitrogens is 1. The van der Waals surface area contributed by atoms with E-state index in [0.29, 0.717) is 37.1 Å². The van der Waals surface area contributed by atoms with Gasteiger partial charge < -0.3 is 10.2 Å². The second kappa shape index (κ2) is 8.02. The standard InChI is InChI=1S/C24H24N4O3S/c1-24-13-10-22(30)28(24)18-8-4-2-6-16(18)23(31)27(24)15-12-20(29)25-14-11-21-26-17-7-3-5-9-19(17)32-21/h2-9H,10-15H2,1H3,(H,25,29). The van der Waals surface area contributed by atoms with E-state index in [0.717, 1.165) is 15.2 Å². The Morgan fingerprint density at radius 1 is 1.16 bits per heavy atom. The fourth-order valence-corrected chi connectivity index (χ4v) is 5.65. The highest BCUT2D eigenvalue weighted by atomic mass is 32.1. The van der Waals surface area contributed by atoms with Gasteiger partial charge in [0.25, 0.3) is 5.91 Å². The number of amides is 3. The predicted octanol–water partition coefficient (Wildman–Crippen LogP) is 3.34. The third-order valence-electron chi connectivity index (χ3n) is 6.31. The van der Waals surface area contributed by atoms with E-state index in [9.17, 15) is 14.4 Å². The van der Waals surface area contributed by atoms with Crippen molar-refractivity contribution < 1.29 is 14.4 Å². The van der Waals surface area contributed by atoms with Crippen molar-refractivity contribution in [1.29, 1.82) is 0 Å². The van der Waals surface area contributed by atoms with Crippen LogP contribution in [0.4, 0.5) is 5.69 Å². The van der Waals surface area contributed by atoms with Crippen molar-refractivity contribution in [2.75, 3.05) is 18.0 Å². The van der Waals surface area contributed by atoms with Gasteiger partial charge in [-0.15, -0.1) is 11.3 Å². The molecule has 2 aromatic carbocycles. The van der Waals surface area contributed by atoms with Crippen LogP contribution in [-0.4, -0.2) is 46.4 Å². The maximum atomic E-state index is 13.2. The zero-order valence-corrected chi connectivity index (χ0v) is 18.7. The Kier molecular flexibility index (Phi) is 5.17. The third-order valence-corrected chi connectivity index (χ3v) is 7.40. The quantitative estimate of drug-likeness (QED) is 0.627. The third kappa shape index (κ3) is 3.44. The summed E-state index contributed by atoms with van der Waals surface area (Å²) in [5.74, 6) is -0.230. The first-order valence-electron chi connectivity index (χ1n) is 10.8. The molecular weight excluding hydrogens is 424 g/mol. The van der Waals surface area contributed by atoms with Gasteiger partial charge in [0.15, 0.2) is 0 Å². The van der Waals surface area contributed by atoms with Gasteiger partial charge in [0.1, 0.15) is 5.66 Å². The van der Waals surface area contributed by atoms with Crippen LogP contribution < -0.4 is 10.2 Å². The molecule has 164 valence electrons. The molecule has 0 saturated carbocycles. The van der Waals surface area contributed by atoms with Gasteiger partial charge in [-0.3, -0.25) is 19.3 Å². The number of fused-ring (bicyclic) bond motifs is 4. The second-order valence-corrected chi connectivity index (χ2v) is 9.46. The van der Waals surface area contributed by atoms with Crippen molar-refractivity contribution in [3.8, 4) is 0 Å². The Bertz CT molecular complexity index is 1190. The van der Waals surface area contributed by atoms with E-state index >= 15 is 0 Å². The molecule has 0 spiro atoms. The molecule has 0 bridgehead atoms. The van der Waals surface area contributed by atoms with E-state index in [4.69, 9.17) is 0 Å². The average molecular weight is 449 g/mol. The van der Waals surface area contributed by atoms with E-state index < -0.39 is 5.66 Å². The molecule has 1 fully saturated rings. The smallest absolute Gasteiger partial charge is 0.257 e. The van der Waals surface area contributed by atoms with E-state index in [1.807, 2.05) is 43.3 Å². The lowest BCUT2D eigenvalue weighted by molar-refractivity contribution is -0.121. The lowest BCUT2D eigenvalue weighted by atomic mass is 9.98. The van der Waals surface area contributed by atoms with Gasteiger partial charge in [0.2, 0.25) is 11.8 Å². The van der Waals surface area contributed by atoms with E-state index in [1.54, 1.807) is 33.3 Å². The van der Waals surface area contributed by atoms with Crippen molar-refractivity contribution in [2.24, 2.45) is 0 Å². The average Bonchev–Trinajstić information content (AvgIpc) is 3.34. The number of para-hydroxylation sites is 2. The number of hydrogen-bond donors (Lipinski definition) is 1. The summed E-state index contributed by atoms with van der Waals surface area (Å²) in [4.78, 5) is 46.4. The van der Waals surface area contributed by atoms with Crippen LogP contribution in [-0.2, 0) is 16.0 Å². The van der Waals surface area contributed by atoms with Crippen molar-refractivity contribution in [1.82, 2.24) is 15.2 Å². The summed E-state index contributed by atoms with van der Waals surface area (Å²) in [5.41, 5.74) is 1.42. The first-order valence-corrected chi connectivity index (χ1v) is 11.6. The number of hydrogen-bond acceptors (Lipinski definition) is 5. The number of nitrogens with one attached hydrogen (secondary N) is 1. The Morgan fingerprint density at radius 3 is 2.78 bits per heavy atom. The first-order chi connectivity index (χ1) is 15.5. The molecule has 2 aliphatic heterocycles. The molecule has 0 radical (unpaired) electrons. The Hall–Kier alpha value is -3.26. The molecule has 1 N–H and O–H groups in total. The van der Waals surface area contributed by atoms with Crippen LogP contribution in [0.3, 0.4) is 0 Å². The predicted molar refractivity (Wildman–Crippen MR) is 124 cm³/mol. The van der Waals surface area contributed by atoms with Crippen LogP contribution in [0.5, 0.6) is 0 Å². The monoisotopic (exact) mass is 448 g/mol. The molecule has 3 amide bonds. The van der Waals surface area contributed by atoms with Gasteiger partial charge in [-0.05, 0) is 37.6 Å². The lowest BCUT2D eigenvalue weighted by Gasteiger charge is -2.48. The molecule has 3 aromatic rings. The molecule has 1 unspecified atom stereocenters. The number of carbonyl (C=O) groups excluding carboxylic acids is 3. The first kappa shape index (κ1) is 20.6. The molecular formula is C24H24N4O3S.